The van der Waals surface area contributed by atoms with Gasteiger partial charge in [0.2, 0.25) is 0 Å². The maximum Gasteiger partial charge on any atom is 0.161 e. The van der Waals surface area contributed by atoms with Crippen LogP contribution in [0.2, 0.25) is 0 Å². The van der Waals surface area contributed by atoms with Gasteiger partial charge in [0, 0.05) is 133 Å². The molecule has 12 nitrogen and oxygen atoms in total. The van der Waals surface area contributed by atoms with Crippen LogP contribution in [0.25, 0.3) is 241 Å². The van der Waals surface area contributed by atoms with E-state index < -0.39 is 0 Å². The predicted octanol–water partition coefficient (Wildman–Crippen LogP) is 34.8. The van der Waals surface area contributed by atoms with Crippen molar-refractivity contribution in [3.8, 4) is 174 Å². The standard InChI is InChI=1S/2C47H33N3O.C41H29N3O/c1-47(2)38-27-26-34(28-37(38)42-44-43(36-20-12-13-21-41(36)51-44)50(45(42)47)35-18-10-5-11-19-35)30-22-24-33(25-23-30)46-48-39(31-14-6-3-7-15-31)29-40(49-46)32-16-8-4-9-17-32;1-47(2)38-21-13-12-20-36(38)42-44-43(50(45(42)47)35-18-10-5-11-19-35)37-28-34(26-27-41(37)51-44)30-22-24-33(25-23-30)46-48-39(31-14-6-3-7-15-31)29-40(49-46)32-16-8-4-9-17-32;1-41(2)32-19-11-9-17-30(32)36-38-37(31-18-10-12-20-35(31)45-38)44(39(36)41)29-23-21-28(22-24-29)40-42-33(26-13-5-3-6-14-26)25-34(43-40)27-15-7-4-8-16-27/h2*3-29H,1-2H3;3-25H,1-2H3. The van der Waals surface area contributed by atoms with Crippen molar-refractivity contribution in [3.63, 3.8) is 0 Å². The molecule has 0 atom stereocenters. The fraction of sp³-hybridized carbons (Fsp3) is 0.0667. The normalized spacial score (nSPS) is 13.1. The Morgan fingerprint density at radius 1 is 0.184 bits per heavy atom. The molecule has 0 N–H and O–H groups in total. The van der Waals surface area contributed by atoms with Crippen LogP contribution in [0, 0.1) is 0 Å². The Balaban J connectivity index is 0.000000109. The number of fused-ring (bicyclic) bond motifs is 21. The highest BCUT2D eigenvalue weighted by molar-refractivity contribution is 6.16. The third kappa shape index (κ3) is 14.6. The maximum atomic E-state index is 6.77. The molecule has 0 unspecified atom stereocenters. The highest BCUT2D eigenvalue weighted by atomic mass is 16.3. The van der Waals surface area contributed by atoms with E-state index in [0.717, 1.165) is 190 Å². The minimum atomic E-state index is -0.233. The van der Waals surface area contributed by atoms with Crippen molar-refractivity contribution in [2.45, 2.75) is 57.8 Å². The molecule has 0 amide bonds. The van der Waals surface area contributed by atoms with E-state index >= 15 is 0 Å². The fourth-order valence-electron chi connectivity index (χ4n) is 23.0. The first kappa shape index (κ1) is 87.3. The lowest BCUT2D eigenvalue weighted by molar-refractivity contribution is 0.623. The van der Waals surface area contributed by atoms with Crippen LogP contribution in [-0.2, 0) is 16.2 Å². The molecular formula is C135H95N9O3. The van der Waals surface area contributed by atoms with Crippen LogP contribution in [0.1, 0.15) is 75.3 Å². The Hall–Kier alpha value is -18.8. The first-order chi connectivity index (χ1) is 72.2. The molecule has 0 saturated heterocycles. The van der Waals surface area contributed by atoms with Crippen molar-refractivity contribution in [3.05, 3.63) is 501 Å². The van der Waals surface area contributed by atoms with E-state index in [4.69, 9.17) is 43.2 Å². The Labute approximate surface area is 850 Å². The second-order valence-corrected chi connectivity index (χ2v) is 39.9. The number of aromatic nitrogens is 9. The molecule has 29 rings (SSSR count). The molecule has 0 bridgehead atoms. The molecule has 3 aliphatic carbocycles. The molecule has 0 fully saturated rings. The van der Waals surface area contributed by atoms with Gasteiger partial charge in [0.1, 0.15) is 33.3 Å². The SMILES string of the molecule is CC1(C)c2ccc(-c3ccc(-c4nc(-c5ccccc5)cc(-c5ccccc5)n4)cc3)cc2-c2c1n(-c1ccccc1)c1c2oc2ccccc21.CC1(C)c2ccccc2-c2c1n(-c1ccc(-c3nc(-c4ccccc4)cc(-c4ccccc4)n3)cc1)c1c2oc2ccccc21.CC1(C)c2ccccc2-c2c1n(-c1ccccc1)c1c2oc2ccc(-c3ccc(-c4nc(-c5ccccc5)cc(-c5ccccc5)n4)cc3)cc21. The molecule has 147 heavy (non-hydrogen) atoms. The van der Waals surface area contributed by atoms with Crippen LogP contribution in [0.5, 0.6) is 0 Å². The summed E-state index contributed by atoms with van der Waals surface area (Å²) in [6.07, 6.45) is 0. The topological polar surface area (TPSA) is 132 Å². The Morgan fingerprint density at radius 2 is 0.429 bits per heavy atom. The van der Waals surface area contributed by atoms with E-state index in [-0.39, 0.29) is 16.2 Å². The van der Waals surface area contributed by atoms with Crippen LogP contribution in [0.4, 0.5) is 0 Å². The molecule has 9 aromatic heterocycles. The summed E-state index contributed by atoms with van der Waals surface area (Å²) in [4.78, 5) is 30.2. The van der Waals surface area contributed by atoms with Gasteiger partial charge in [-0.05, 0) is 165 Å². The fourth-order valence-corrected chi connectivity index (χ4v) is 23.0. The molecule has 0 aliphatic heterocycles. The average Bonchev–Trinajstić information content (AvgIpc) is 1.52. The van der Waals surface area contributed by atoms with E-state index in [9.17, 15) is 0 Å². The zero-order valence-electron chi connectivity index (χ0n) is 81.7. The molecule has 17 aromatic carbocycles. The molecule has 26 aromatic rings. The van der Waals surface area contributed by atoms with Crippen LogP contribution < -0.4 is 0 Å². The summed E-state index contributed by atoms with van der Waals surface area (Å²) in [5, 5.41) is 3.35. The lowest BCUT2D eigenvalue weighted by atomic mass is 9.84. The average molecular weight is 1890 g/mol. The lowest BCUT2D eigenvalue weighted by Gasteiger charge is -2.24. The van der Waals surface area contributed by atoms with Crippen molar-refractivity contribution in [1.82, 2.24) is 43.6 Å². The van der Waals surface area contributed by atoms with Crippen molar-refractivity contribution in [1.29, 1.82) is 0 Å². The number of hydrogen-bond donors (Lipinski definition) is 0. The van der Waals surface area contributed by atoms with Gasteiger partial charge in [-0.1, -0.05) is 399 Å². The summed E-state index contributed by atoms with van der Waals surface area (Å²) in [6.45, 7) is 14.0. The van der Waals surface area contributed by atoms with Crippen molar-refractivity contribution in [2.24, 2.45) is 0 Å². The molecule has 698 valence electrons. The van der Waals surface area contributed by atoms with Gasteiger partial charge in [0.25, 0.3) is 0 Å². The number of para-hydroxylation sites is 4. The van der Waals surface area contributed by atoms with Crippen molar-refractivity contribution in [2.75, 3.05) is 0 Å². The van der Waals surface area contributed by atoms with E-state index in [0.29, 0.717) is 17.5 Å². The number of benzene rings is 17. The van der Waals surface area contributed by atoms with Crippen molar-refractivity contribution < 1.29 is 13.3 Å². The number of furan rings is 3. The van der Waals surface area contributed by atoms with E-state index in [1.54, 1.807) is 0 Å². The molecule has 12 heteroatoms. The predicted molar refractivity (Wildman–Crippen MR) is 598 cm³/mol. The molecule has 3 aliphatic rings. The lowest BCUT2D eigenvalue weighted by Crippen LogP contribution is -2.19. The highest BCUT2D eigenvalue weighted by Gasteiger charge is 2.47. The number of hydrogen-bond acceptors (Lipinski definition) is 9. The first-order valence-corrected chi connectivity index (χ1v) is 50.2. The summed E-state index contributed by atoms with van der Waals surface area (Å²) in [6, 6.07) is 163. The van der Waals surface area contributed by atoms with E-state index in [1.807, 2.05) is 121 Å². The second-order valence-electron chi connectivity index (χ2n) is 39.9. The van der Waals surface area contributed by atoms with Gasteiger partial charge in [-0.15, -0.1) is 0 Å². The van der Waals surface area contributed by atoms with Gasteiger partial charge in [-0.2, -0.15) is 0 Å². The molecule has 0 radical (unpaired) electrons. The summed E-state index contributed by atoms with van der Waals surface area (Å²) < 4.78 is 27.4. The monoisotopic (exact) mass is 1890 g/mol. The maximum absolute atomic E-state index is 6.77. The third-order valence-electron chi connectivity index (χ3n) is 30.0. The summed E-state index contributed by atoms with van der Waals surface area (Å²) in [5.74, 6) is 2.11. The Bertz CT molecular complexity index is 9450. The highest BCUT2D eigenvalue weighted by Crippen LogP contribution is 2.60. The zero-order chi connectivity index (χ0) is 98.3. The molecule has 9 heterocycles. The summed E-state index contributed by atoms with van der Waals surface area (Å²) >= 11 is 0. The van der Waals surface area contributed by atoms with E-state index in [1.165, 1.54) is 67.2 Å². The van der Waals surface area contributed by atoms with Gasteiger partial charge >= 0.3 is 0 Å². The van der Waals surface area contributed by atoms with Crippen LogP contribution in [-0.4, -0.2) is 43.6 Å². The number of rotatable bonds is 14. The van der Waals surface area contributed by atoms with Gasteiger partial charge in [-0.25, -0.2) is 29.9 Å². The van der Waals surface area contributed by atoms with Gasteiger partial charge in [0.05, 0.1) is 34.2 Å². The van der Waals surface area contributed by atoms with Crippen molar-refractivity contribution >= 4 is 66.2 Å². The largest absolute Gasteiger partial charge is 0.454 e. The summed E-state index contributed by atoms with van der Waals surface area (Å²) in [7, 11) is 0. The number of nitrogens with zero attached hydrogens (tertiary/aromatic N) is 9. The first-order valence-electron chi connectivity index (χ1n) is 50.2. The minimum Gasteiger partial charge on any atom is -0.454 e. The Kier molecular flexibility index (Phi) is 20.7. The van der Waals surface area contributed by atoms with Gasteiger partial charge in [0.15, 0.2) is 34.2 Å². The Morgan fingerprint density at radius 3 is 0.776 bits per heavy atom. The third-order valence-corrected chi connectivity index (χ3v) is 30.0. The van der Waals surface area contributed by atoms with E-state index in [2.05, 4.69) is 401 Å². The second kappa shape index (κ2) is 34.8. The molecule has 0 spiro atoms. The van der Waals surface area contributed by atoms with Crippen LogP contribution in [0.3, 0.4) is 0 Å². The van der Waals surface area contributed by atoms with Gasteiger partial charge in [-0.3, -0.25) is 0 Å². The smallest absolute Gasteiger partial charge is 0.161 e. The quantitative estimate of drug-likeness (QED) is 0.104. The van der Waals surface area contributed by atoms with Crippen LogP contribution in [0.15, 0.2) is 480 Å². The molecular weight excluding hydrogens is 1800 g/mol. The zero-order valence-corrected chi connectivity index (χ0v) is 81.7. The van der Waals surface area contributed by atoms with Crippen LogP contribution >= 0.6 is 0 Å². The minimum absolute atomic E-state index is 0.191. The summed E-state index contributed by atoms with van der Waals surface area (Å²) in [5.41, 5.74) is 45.9. The molecule has 0 saturated carbocycles. The van der Waals surface area contributed by atoms with Gasteiger partial charge < -0.3 is 27.0 Å².